The lowest BCUT2D eigenvalue weighted by molar-refractivity contribution is -0.00119. The fourth-order valence-corrected chi connectivity index (χ4v) is 3.42. The van der Waals surface area contributed by atoms with Gasteiger partial charge in [0, 0.05) is 5.56 Å². The molecule has 0 aliphatic carbocycles. The Morgan fingerprint density at radius 2 is 2.00 bits per heavy atom. The first kappa shape index (κ1) is 17.6. The Morgan fingerprint density at radius 3 is 2.79 bits per heavy atom. The van der Waals surface area contributed by atoms with Crippen molar-refractivity contribution in [2.75, 3.05) is 7.11 Å². The minimum atomic E-state index is -0.103. The van der Waals surface area contributed by atoms with Crippen LogP contribution in [0.2, 0.25) is 0 Å². The quantitative estimate of drug-likeness (QED) is 0.527. The van der Waals surface area contributed by atoms with Gasteiger partial charge in [0.1, 0.15) is 11.9 Å². The highest BCUT2D eigenvalue weighted by molar-refractivity contribution is 5.59. The van der Waals surface area contributed by atoms with E-state index < -0.39 is 0 Å². The molecule has 1 atom stereocenters. The first-order chi connectivity index (χ1) is 14.2. The zero-order valence-electron chi connectivity index (χ0n) is 16.1. The summed E-state index contributed by atoms with van der Waals surface area (Å²) in [6.07, 6.45) is -0.103. The average Bonchev–Trinajstić information content (AvgIpc) is 3.40. The molecule has 0 bridgehead atoms. The van der Waals surface area contributed by atoms with E-state index in [9.17, 15) is 0 Å². The van der Waals surface area contributed by atoms with E-state index in [1.807, 2.05) is 60.1 Å². The number of nitrogens with zero attached hydrogens (tertiary/aromatic N) is 5. The van der Waals surface area contributed by atoms with Crippen LogP contribution in [0, 0.1) is 6.92 Å². The Hall–Kier alpha value is -3.52. The Kier molecular flexibility index (Phi) is 4.33. The van der Waals surface area contributed by atoms with Gasteiger partial charge >= 0.3 is 0 Å². The minimum Gasteiger partial charge on any atom is -0.497 e. The highest BCUT2D eigenvalue weighted by Gasteiger charge is 2.28. The van der Waals surface area contributed by atoms with Crippen LogP contribution >= 0.6 is 0 Å². The molecule has 8 heteroatoms. The van der Waals surface area contributed by atoms with Crippen molar-refractivity contribution in [3.05, 3.63) is 65.4 Å². The molecule has 146 valence electrons. The van der Waals surface area contributed by atoms with Crippen LogP contribution in [-0.2, 0) is 17.9 Å². The van der Waals surface area contributed by atoms with E-state index in [1.54, 1.807) is 7.11 Å². The van der Waals surface area contributed by atoms with Gasteiger partial charge in [-0.2, -0.15) is 4.98 Å². The van der Waals surface area contributed by atoms with Crippen LogP contribution < -0.4 is 4.74 Å². The number of methoxy groups -OCH3 is 1. The Morgan fingerprint density at radius 1 is 1.14 bits per heavy atom. The second-order valence-electron chi connectivity index (χ2n) is 6.93. The summed E-state index contributed by atoms with van der Waals surface area (Å²) < 4.78 is 18.6. The Bertz CT molecular complexity index is 1150. The minimum absolute atomic E-state index is 0.103. The standard InChI is InChI=1S/C21H19N5O3/c1-13-4-3-5-15(10-13)20-22-21(29-24-20)19-17-12-28-18(11-26(17)25-23-19)14-6-8-16(27-2)9-7-14/h3-10,18H,11-12H2,1-2H3/t18-/m1/s1. The van der Waals surface area contributed by atoms with Gasteiger partial charge in [0.15, 0.2) is 5.69 Å². The lowest BCUT2D eigenvalue weighted by Crippen LogP contribution is -2.22. The molecule has 1 aliphatic heterocycles. The van der Waals surface area contributed by atoms with Crippen LogP contribution in [0.5, 0.6) is 5.75 Å². The van der Waals surface area contributed by atoms with Crippen LogP contribution in [0.25, 0.3) is 23.0 Å². The maximum absolute atomic E-state index is 6.06. The highest BCUT2D eigenvalue weighted by Crippen LogP contribution is 2.31. The van der Waals surface area contributed by atoms with E-state index >= 15 is 0 Å². The monoisotopic (exact) mass is 389 g/mol. The molecule has 0 N–H and O–H groups in total. The van der Waals surface area contributed by atoms with Gasteiger partial charge in [-0.15, -0.1) is 5.10 Å². The highest BCUT2D eigenvalue weighted by atomic mass is 16.5. The number of aryl methyl sites for hydroxylation is 1. The fourth-order valence-electron chi connectivity index (χ4n) is 3.42. The van der Waals surface area contributed by atoms with Crippen molar-refractivity contribution in [3.63, 3.8) is 0 Å². The fraction of sp³-hybridized carbons (Fsp3) is 0.238. The molecule has 0 radical (unpaired) electrons. The zero-order valence-corrected chi connectivity index (χ0v) is 16.1. The van der Waals surface area contributed by atoms with Crippen LogP contribution in [-0.4, -0.2) is 32.2 Å². The topological polar surface area (TPSA) is 88.1 Å². The molecule has 5 rings (SSSR count). The molecule has 1 aliphatic rings. The number of aromatic nitrogens is 5. The summed E-state index contributed by atoms with van der Waals surface area (Å²) in [5.41, 5.74) is 4.48. The van der Waals surface area contributed by atoms with E-state index in [0.29, 0.717) is 30.6 Å². The summed E-state index contributed by atoms with van der Waals surface area (Å²) in [4.78, 5) is 4.51. The molecule has 8 nitrogen and oxygen atoms in total. The van der Waals surface area contributed by atoms with E-state index in [4.69, 9.17) is 14.0 Å². The van der Waals surface area contributed by atoms with Gasteiger partial charge in [-0.25, -0.2) is 4.68 Å². The summed E-state index contributed by atoms with van der Waals surface area (Å²) in [5, 5.41) is 12.6. The summed E-state index contributed by atoms with van der Waals surface area (Å²) in [6.45, 7) is 2.95. The van der Waals surface area contributed by atoms with Gasteiger partial charge in [-0.05, 0) is 30.7 Å². The van der Waals surface area contributed by atoms with Crippen molar-refractivity contribution in [3.8, 4) is 28.7 Å². The SMILES string of the molecule is COc1ccc([C@H]2Cn3nnc(-c4nc(-c5cccc(C)c5)no4)c3CO2)cc1. The lowest BCUT2D eigenvalue weighted by atomic mass is 10.1. The zero-order chi connectivity index (χ0) is 19.8. The van der Waals surface area contributed by atoms with Crippen LogP contribution in [0.3, 0.4) is 0 Å². The van der Waals surface area contributed by atoms with Gasteiger partial charge in [0.25, 0.3) is 5.89 Å². The third-order valence-corrected chi connectivity index (χ3v) is 4.99. The smallest absolute Gasteiger partial charge is 0.280 e. The summed E-state index contributed by atoms with van der Waals surface area (Å²) in [6, 6.07) is 15.8. The third kappa shape index (κ3) is 3.27. The van der Waals surface area contributed by atoms with Crippen molar-refractivity contribution in [1.29, 1.82) is 0 Å². The van der Waals surface area contributed by atoms with E-state index in [0.717, 1.165) is 28.1 Å². The van der Waals surface area contributed by atoms with E-state index in [1.165, 1.54) is 0 Å². The maximum atomic E-state index is 6.06. The number of benzene rings is 2. The molecule has 0 unspecified atom stereocenters. The average molecular weight is 389 g/mol. The molecule has 0 saturated heterocycles. The van der Waals surface area contributed by atoms with E-state index in [-0.39, 0.29) is 6.10 Å². The normalized spacial score (nSPS) is 15.9. The van der Waals surface area contributed by atoms with Gasteiger partial charge in [-0.3, -0.25) is 0 Å². The van der Waals surface area contributed by atoms with Crippen molar-refractivity contribution < 1.29 is 14.0 Å². The summed E-state index contributed by atoms with van der Waals surface area (Å²) >= 11 is 0. The Labute approximate surface area is 167 Å². The molecule has 0 saturated carbocycles. The van der Waals surface area contributed by atoms with Gasteiger partial charge < -0.3 is 14.0 Å². The molecular weight excluding hydrogens is 370 g/mol. The molecule has 2 aromatic heterocycles. The molecular formula is C21H19N5O3. The number of fused-ring (bicyclic) bond motifs is 1. The number of ether oxygens (including phenoxy) is 2. The predicted molar refractivity (Wildman–Crippen MR) is 104 cm³/mol. The van der Waals surface area contributed by atoms with Crippen molar-refractivity contribution >= 4 is 0 Å². The van der Waals surface area contributed by atoms with Gasteiger partial charge in [0.2, 0.25) is 5.82 Å². The van der Waals surface area contributed by atoms with Crippen LogP contribution in [0.4, 0.5) is 0 Å². The third-order valence-electron chi connectivity index (χ3n) is 4.99. The molecule has 4 aromatic rings. The largest absolute Gasteiger partial charge is 0.497 e. The molecule has 29 heavy (non-hydrogen) atoms. The summed E-state index contributed by atoms with van der Waals surface area (Å²) in [5.74, 6) is 1.68. The van der Waals surface area contributed by atoms with Crippen molar-refractivity contribution in [2.45, 2.75) is 26.2 Å². The van der Waals surface area contributed by atoms with E-state index in [2.05, 4.69) is 20.5 Å². The molecule has 3 heterocycles. The first-order valence-electron chi connectivity index (χ1n) is 9.30. The Balaban J connectivity index is 1.39. The molecule has 0 fully saturated rings. The second kappa shape index (κ2) is 7.14. The van der Waals surface area contributed by atoms with Crippen LogP contribution in [0.1, 0.15) is 22.9 Å². The van der Waals surface area contributed by atoms with Gasteiger partial charge in [0.05, 0.1) is 26.0 Å². The van der Waals surface area contributed by atoms with Gasteiger partial charge in [-0.1, -0.05) is 46.3 Å². The lowest BCUT2D eigenvalue weighted by Gasteiger charge is -2.24. The summed E-state index contributed by atoms with van der Waals surface area (Å²) in [7, 11) is 1.65. The number of hydrogen-bond donors (Lipinski definition) is 0. The first-order valence-corrected chi connectivity index (χ1v) is 9.30. The van der Waals surface area contributed by atoms with Crippen molar-refractivity contribution in [2.24, 2.45) is 0 Å². The predicted octanol–water partition coefficient (Wildman–Crippen LogP) is 3.58. The second-order valence-corrected chi connectivity index (χ2v) is 6.93. The number of rotatable bonds is 4. The maximum Gasteiger partial charge on any atom is 0.280 e. The molecule has 2 aromatic carbocycles. The van der Waals surface area contributed by atoms with Crippen molar-refractivity contribution in [1.82, 2.24) is 25.1 Å². The molecule has 0 spiro atoms. The van der Waals surface area contributed by atoms with Crippen LogP contribution in [0.15, 0.2) is 53.1 Å². The molecule has 0 amide bonds. The number of hydrogen-bond acceptors (Lipinski definition) is 7.